The summed E-state index contributed by atoms with van der Waals surface area (Å²) < 4.78 is 23.9. The summed E-state index contributed by atoms with van der Waals surface area (Å²) in [6, 6.07) is 3.89. The lowest BCUT2D eigenvalue weighted by Crippen LogP contribution is -2.41. The van der Waals surface area contributed by atoms with Gasteiger partial charge in [0.1, 0.15) is 6.33 Å². The topological polar surface area (TPSA) is 87.3 Å². The Balaban J connectivity index is 0.000000192. The monoisotopic (exact) mass is 389 g/mol. The first-order valence-electron chi connectivity index (χ1n) is 9.43. The Labute approximate surface area is 166 Å². The van der Waals surface area contributed by atoms with E-state index in [0.29, 0.717) is 0 Å². The first-order chi connectivity index (χ1) is 12.7. The number of hydrogen-bond acceptors (Lipinski definition) is 7. The van der Waals surface area contributed by atoms with Crippen LogP contribution in [0.25, 0.3) is 5.65 Å². The maximum Gasteiger partial charge on any atom is 0.637 e. The lowest BCUT2D eigenvalue weighted by Gasteiger charge is -2.32. The Morgan fingerprint density at radius 1 is 0.857 bits per heavy atom. The van der Waals surface area contributed by atoms with E-state index >= 15 is 0 Å². The fourth-order valence-electron chi connectivity index (χ4n) is 2.77. The van der Waals surface area contributed by atoms with E-state index in [9.17, 15) is 0 Å². The maximum atomic E-state index is 8.96. The van der Waals surface area contributed by atoms with Crippen LogP contribution in [0.2, 0.25) is 0 Å². The van der Waals surface area contributed by atoms with Crippen LogP contribution in [0.15, 0.2) is 24.7 Å². The molecule has 2 fully saturated rings. The Bertz CT molecular complexity index is 821. The highest BCUT2D eigenvalue weighted by Crippen LogP contribution is 2.36. The molecule has 0 amide bonds. The van der Waals surface area contributed by atoms with Crippen molar-refractivity contribution < 1.29 is 23.6 Å². The molecule has 1 N–H and O–H groups in total. The molecule has 4 heterocycles. The predicted molar refractivity (Wildman–Crippen MR) is 107 cm³/mol. The summed E-state index contributed by atoms with van der Waals surface area (Å²) in [5, 5.41) is 13.0. The minimum Gasteiger partial charge on any atom is -0.402 e. The number of hydrogen-bond donors (Lipinski definition) is 1. The van der Waals surface area contributed by atoms with E-state index < -0.39 is 18.5 Å². The van der Waals surface area contributed by atoms with E-state index in [-0.39, 0.29) is 18.3 Å². The van der Waals surface area contributed by atoms with E-state index in [4.69, 9.17) is 23.6 Å². The first kappa shape index (κ1) is 21.3. The van der Waals surface area contributed by atoms with Gasteiger partial charge in [-0.15, -0.1) is 0 Å². The first-order valence-corrected chi connectivity index (χ1v) is 9.43. The Morgan fingerprint density at radius 2 is 1.36 bits per heavy atom. The van der Waals surface area contributed by atoms with Crippen molar-refractivity contribution >= 4 is 25.5 Å². The second-order valence-corrected chi connectivity index (χ2v) is 9.17. The van der Waals surface area contributed by atoms with E-state index in [1.54, 1.807) is 4.52 Å². The molecule has 0 atom stereocenters. The summed E-state index contributed by atoms with van der Waals surface area (Å²) in [6.07, 6.45) is 3.39. The highest BCUT2D eigenvalue weighted by atomic mass is 16.7. The number of aromatic nitrogens is 3. The van der Waals surface area contributed by atoms with Crippen LogP contribution in [0.5, 0.6) is 0 Å². The number of rotatable bonds is 1. The second-order valence-electron chi connectivity index (χ2n) is 9.17. The van der Waals surface area contributed by atoms with Crippen molar-refractivity contribution in [2.24, 2.45) is 0 Å². The highest BCUT2D eigenvalue weighted by Gasteiger charge is 2.52. The molecule has 152 valence electrons. The molecule has 2 aliphatic heterocycles. The zero-order valence-electron chi connectivity index (χ0n) is 17.9. The highest BCUT2D eigenvalue weighted by molar-refractivity contribution is 6.62. The largest absolute Gasteiger partial charge is 0.637 e. The average Bonchev–Trinajstić information content (AvgIpc) is 3.12. The average molecular weight is 389 g/mol. The van der Waals surface area contributed by atoms with Crippen LogP contribution in [0.1, 0.15) is 55.4 Å². The van der Waals surface area contributed by atoms with Crippen molar-refractivity contribution in [3.8, 4) is 0 Å². The Morgan fingerprint density at radius 3 is 1.82 bits per heavy atom. The maximum absolute atomic E-state index is 8.96. The van der Waals surface area contributed by atoms with Crippen molar-refractivity contribution in [1.29, 1.82) is 0 Å². The molecule has 2 aromatic rings. The van der Waals surface area contributed by atoms with Gasteiger partial charge in [0.05, 0.1) is 22.4 Å². The van der Waals surface area contributed by atoms with Crippen LogP contribution in [0.3, 0.4) is 0 Å². The molecule has 0 bridgehead atoms. The molecule has 4 rings (SSSR count). The summed E-state index contributed by atoms with van der Waals surface area (Å²) in [4.78, 5) is 4.16. The molecule has 0 aromatic carbocycles. The van der Waals surface area contributed by atoms with Gasteiger partial charge in [-0.05, 0) is 73.0 Å². The second kappa shape index (κ2) is 6.81. The van der Waals surface area contributed by atoms with Crippen LogP contribution >= 0.6 is 0 Å². The molecule has 28 heavy (non-hydrogen) atoms. The number of nitrogens with zero attached hydrogens (tertiary/aromatic N) is 3. The normalized spacial score (nSPS) is 24.3. The van der Waals surface area contributed by atoms with Crippen LogP contribution in [0.4, 0.5) is 0 Å². The molecule has 0 saturated carbocycles. The van der Waals surface area contributed by atoms with E-state index in [2.05, 4.69) is 10.1 Å². The van der Waals surface area contributed by atoms with Crippen molar-refractivity contribution in [3.05, 3.63) is 24.7 Å². The van der Waals surface area contributed by atoms with Gasteiger partial charge in [-0.1, -0.05) is 0 Å². The van der Waals surface area contributed by atoms with Crippen LogP contribution in [-0.2, 0) is 18.6 Å². The molecule has 10 heteroatoms. The molecule has 2 aromatic heterocycles. The van der Waals surface area contributed by atoms with Crippen LogP contribution in [0, 0.1) is 0 Å². The lowest BCUT2D eigenvalue weighted by molar-refractivity contribution is 0.00578. The van der Waals surface area contributed by atoms with Crippen molar-refractivity contribution in [1.82, 2.24) is 14.6 Å². The van der Waals surface area contributed by atoms with Crippen molar-refractivity contribution in [2.75, 3.05) is 0 Å². The van der Waals surface area contributed by atoms with Gasteiger partial charge in [0, 0.05) is 6.20 Å². The number of fused-ring (bicyclic) bond motifs is 1. The van der Waals surface area contributed by atoms with Crippen LogP contribution in [-0.4, -0.2) is 56.5 Å². The Hall–Kier alpha value is -1.45. The third-order valence-corrected chi connectivity index (χ3v) is 6.07. The third-order valence-electron chi connectivity index (χ3n) is 6.07. The van der Waals surface area contributed by atoms with Crippen molar-refractivity contribution in [3.63, 3.8) is 0 Å². The molecular formula is C18H29B2N3O5. The fourth-order valence-corrected chi connectivity index (χ4v) is 2.77. The molecule has 0 radical (unpaired) electrons. The van der Waals surface area contributed by atoms with E-state index in [1.807, 2.05) is 73.7 Å². The zero-order valence-corrected chi connectivity index (χ0v) is 17.9. The Kier molecular flexibility index (Phi) is 5.17. The summed E-state index contributed by atoms with van der Waals surface area (Å²) in [5.41, 5.74) is 0.296. The van der Waals surface area contributed by atoms with E-state index in [0.717, 1.165) is 11.1 Å². The molecular weight excluding hydrogens is 360 g/mol. The lowest BCUT2D eigenvalue weighted by atomic mass is 9.80. The van der Waals surface area contributed by atoms with Gasteiger partial charge in [-0.2, -0.15) is 5.10 Å². The SMILES string of the molecule is CC1(C)OB(O)OC1(C)C.CC1(C)OB(c2ccn3ncnc3c2)OC1(C)C. The zero-order chi connectivity index (χ0) is 21.0. The molecule has 0 unspecified atom stereocenters. The van der Waals surface area contributed by atoms with Gasteiger partial charge in [0.15, 0.2) is 5.65 Å². The number of pyridine rings is 1. The van der Waals surface area contributed by atoms with Gasteiger partial charge < -0.3 is 23.6 Å². The summed E-state index contributed by atoms with van der Waals surface area (Å²) in [5.74, 6) is 0. The third kappa shape index (κ3) is 3.84. The minimum atomic E-state index is -1.06. The van der Waals surface area contributed by atoms with E-state index in [1.165, 1.54) is 6.33 Å². The van der Waals surface area contributed by atoms with Gasteiger partial charge in [0.2, 0.25) is 0 Å². The molecule has 0 spiro atoms. The predicted octanol–water partition coefficient (Wildman–Crippen LogP) is 1.60. The summed E-state index contributed by atoms with van der Waals surface area (Å²) in [7, 11) is -1.42. The molecule has 2 aliphatic rings. The van der Waals surface area contributed by atoms with Gasteiger partial charge in [-0.25, -0.2) is 9.50 Å². The fraction of sp³-hybridized carbons (Fsp3) is 0.667. The minimum absolute atomic E-state index is 0.322. The summed E-state index contributed by atoms with van der Waals surface area (Å²) in [6.45, 7) is 15.7. The molecule has 0 aliphatic carbocycles. The van der Waals surface area contributed by atoms with Gasteiger partial charge in [0.25, 0.3) is 0 Å². The molecule has 8 nitrogen and oxygen atoms in total. The summed E-state index contributed by atoms with van der Waals surface area (Å²) >= 11 is 0. The molecule has 2 saturated heterocycles. The van der Waals surface area contributed by atoms with Gasteiger partial charge in [-0.3, -0.25) is 0 Å². The van der Waals surface area contributed by atoms with Crippen LogP contribution < -0.4 is 5.46 Å². The van der Waals surface area contributed by atoms with Gasteiger partial charge >= 0.3 is 14.4 Å². The quantitative estimate of drug-likeness (QED) is 0.742. The van der Waals surface area contributed by atoms with Crippen molar-refractivity contribution in [2.45, 2.75) is 77.8 Å². The standard InChI is InChI=1S/C12H16BN3O2.C6H13BO3/c1-11(2)12(3,4)18-13(17-11)9-5-6-16-10(7-9)14-8-15-16;1-5(2)6(3,4)10-7(8)9-5/h5-8H,1-4H3;8H,1-4H3. The smallest absolute Gasteiger partial charge is 0.402 e.